The molecule has 0 saturated heterocycles. The highest BCUT2D eigenvalue weighted by Gasteiger charge is 2.40. The molecule has 1 heteroatoms. The van der Waals surface area contributed by atoms with Crippen LogP contribution in [0.3, 0.4) is 0 Å². The molecule has 1 aliphatic rings. The minimum absolute atomic E-state index is 0.0702. The molecule has 0 bridgehead atoms. The highest BCUT2D eigenvalue weighted by molar-refractivity contribution is 5.90. The van der Waals surface area contributed by atoms with Crippen molar-refractivity contribution in [1.82, 2.24) is 0 Å². The number of hydrogen-bond acceptors (Lipinski definition) is 1. The quantitative estimate of drug-likeness (QED) is 0.402. The van der Waals surface area contributed by atoms with Gasteiger partial charge in [0.15, 0.2) is 0 Å². The average molecular weight is 348 g/mol. The van der Waals surface area contributed by atoms with Gasteiger partial charge in [-0.3, -0.25) is 0 Å². The first-order valence-electron chi connectivity index (χ1n) is 10.2. The molecule has 1 aliphatic carbocycles. The largest absolute Gasteiger partial charge is 0.192 e. The second-order valence-electron chi connectivity index (χ2n) is 7.72. The van der Waals surface area contributed by atoms with Gasteiger partial charge in [-0.2, -0.15) is 5.26 Å². The molecule has 0 saturated carbocycles. The number of rotatable bonds is 10. The Balaban J connectivity index is 2.05. The molecule has 0 fully saturated rings. The highest BCUT2D eigenvalue weighted by Crippen LogP contribution is 2.51. The van der Waals surface area contributed by atoms with Gasteiger partial charge < -0.3 is 0 Å². The maximum atomic E-state index is 9.31. The SMILES string of the molecule is C=CC=C1C(=C)C(C)(CCCCCCCCCC)c2cc(C#N)ccc21. The van der Waals surface area contributed by atoms with Crippen LogP contribution >= 0.6 is 0 Å². The molecule has 1 nitrogen and oxygen atoms in total. The molecule has 0 spiro atoms. The highest BCUT2D eigenvalue weighted by atomic mass is 14.4. The molecule has 0 heterocycles. The van der Waals surface area contributed by atoms with Gasteiger partial charge in [-0.15, -0.1) is 0 Å². The van der Waals surface area contributed by atoms with Crippen LogP contribution in [0.2, 0.25) is 0 Å². The summed E-state index contributed by atoms with van der Waals surface area (Å²) in [7, 11) is 0. The van der Waals surface area contributed by atoms with Crippen LogP contribution in [0.15, 0.2) is 49.1 Å². The van der Waals surface area contributed by atoms with Crippen molar-refractivity contribution in [3.63, 3.8) is 0 Å². The van der Waals surface area contributed by atoms with Crippen LogP contribution in [0.5, 0.6) is 0 Å². The van der Waals surface area contributed by atoms with E-state index in [0.717, 1.165) is 12.0 Å². The Kier molecular flexibility index (Phi) is 7.46. The van der Waals surface area contributed by atoms with E-state index in [-0.39, 0.29) is 5.41 Å². The van der Waals surface area contributed by atoms with E-state index in [1.54, 1.807) is 0 Å². The Morgan fingerprint density at radius 3 is 2.35 bits per heavy atom. The topological polar surface area (TPSA) is 23.8 Å². The van der Waals surface area contributed by atoms with Crippen LogP contribution in [0.1, 0.15) is 88.3 Å². The number of nitriles is 1. The predicted molar refractivity (Wildman–Crippen MR) is 113 cm³/mol. The van der Waals surface area contributed by atoms with Gasteiger partial charge in [0.25, 0.3) is 0 Å². The summed E-state index contributed by atoms with van der Waals surface area (Å²) in [5.41, 5.74) is 5.50. The predicted octanol–water partition coefficient (Wildman–Crippen LogP) is 7.49. The maximum absolute atomic E-state index is 9.31. The summed E-state index contributed by atoms with van der Waals surface area (Å²) in [5, 5.41) is 9.31. The smallest absolute Gasteiger partial charge is 0.0991 e. The fourth-order valence-corrected chi connectivity index (χ4v) is 4.13. The van der Waals surface area contributed by atoms with E-state index >= 15 is 0 Å². The first kappa shape index (κ1) is 20.2. The lowest BCUT2D eigenvalue weighted by atomic mass is 9.76. The summed E-state index contributed by atoms with van der Waals surface area (Å²) in [4.78, 5) is 0. The molecule has 0 aromatic heterocycles. The summed E-state index contributed by atoms with van der Waals surface area (Å²) in [6, 6.07) is 8.34. The lowest BCUT2D eigenvalue weighted by molar-refractivity contribution is 0.479. The molecule has 2 rings (SSSR count). The van der Waals surface area contributed by atoms with Crippen molar-refractivity contribution in [2.24, 2.45) is 0 Å². The lowest BCUT2D eigenvalue weighted by Crippen LogP contribution is -2.20. The average Bonchev–Trinajstić information content (AvgIpc) is 2.86. The molecular weight excluding hydrogens is 314 g/mol. The van der Waals surface area contributed by atoms with Gasteiger partial charge in [-0.05, 0) is 40.8 Å². The van der Waals surface area contributed by atoms with E-state index in [9.17, 15) is 5.26 Å². The molecule has 0 aliphatic heterocycles. The minimum Gasteiger partial charge on any atom is -0.192 e. The lowest BCUT2D eigenvalue weighted by Gasteiger charge is -2.27. The van der Waals surface area contributed by atoms with E-state index in [0.29, 0.717) is 0 Å². The molecule has 138 valence electrons. The second kappa shape index (κ2) is 9.58. The third-order valence-corrected chi connectivity index (χ3v) is 5.84. The first-order valence-corrected chi connectivity index (χ1v) is 10.2. The maximum Gasteiger partial charge on any atom is 0.0991 e. The van der Waals surface area contributed by atoms with Gasteiger partial charge >= 0.3 is 0 Å². The molecule has 0 N–H and O–H groups in total. The monoisotopic (exact) mass is 347 g/mol. The zero-order valence-corrected chi connectivity index (χ0v) is 16.6. The summed E-state index contributed by atoms with van der Waals surface area (Å²) in [5.74, 6) is 0. The number of fused-ring (bicyclic) bond motifs is 1. The Hall–Kier alpha value is -2.07. The van der Waals surface area contributed by atoms with Crippen molar-refractivity contribution in [2.45, 2.75) is 77.0 Å². The Morgan fingerprint density at radius 1 is 1.08 bits per heavy atom. The van der Waals surface area contributed by atoms with E-state index in [2.05, 4.69) is 51.3 Å². The van der Waals surface area contributed by atoms with Crippen LogP contribution in [0.4, 0.5) is 0 Å². The van der Waals surface area contributed by atoms with Crippen LogP contribution in [0, 0.1) is 11.3 Å². The minimum atomic E-state index is -0.0702. The molecular formula is C25H33N. The van der Waals surface area contributed by atoms with E-state index in [1.807, 2.05) is 12.1 Å². The van der Waals surface area contributed by atoms with Crippen molar-refractivity contribution >= 4 is 5.57 Å². The van der Waals surface area contributed by atoms with Gasteiger partial charge in [0.2, 0.25) is 0 Å². The Bertz CT molecular complexity index is 716. The van der Waals surface area contributed by atoms with E-state index < -0.39 is 0 Å². The van der Waals surface area contributed by atoms with Crippen LogP contribution in [0.25, 0.3) is 5.57 Å². The Labute approximate surface area is 160 Å². The van der Waals surface area contributed by atoms with Crippen molar-refractivity contribution < 1.29 is 0 Å². The zero-order valence-electron chi connectivity index (χ0n) is 16.6. The Morgan fingerprint density at radius 2 is 1.73 bits per heavy atom. The van der Waals surface area contributed by atoms with Gasteiger partial charge in [0.05, 0.1) is 11.6 Å². The second-order valence-corrected chi connectivity index (χ2v) is 7.72. The fraction of sp³-hybridized carbons (Fsp3) is 0.480. The van der Waals surface area contributed by atoms with Crippen molar-refractivity contribution in [3.8, 4) is 6.07 Å². The summed E-state index contributed by atoms with van der Waals surface area (Å²) in [6.07, 6.45) is 15.6. The van der Waals surface area contributed by atoms with Gasteiger partial charge in [-0.25, -0.2) is 0 Å². The van der Waals surface area contributed by atoms with E-state index in [1.165, 1.54) is 73.6 Å². The van der Waals surface area contributed by atoms with Crippen molar-refractivity contribution in [3.05, 3.63) is 65.8 Å². The molecule has 26 heavy (non-hydrogen) atoms. The summed E-state index contributed by atoms with van der Waals surface area (Å²) < 4.78 is 0. The molecule has 0 amide bonds. The number of hydrogen-bond donors (Lipinski definition) is 0. The summed E-state index contributed by atoms with van der Waals surface area (Å²) >= 11 is 0. The van der Waals surface area contributed by atoms with Gasteiger partial charge in [0.1, 0.15) is 0 Å². The normalized spacial score (nSPS) is 20.2. The van der Waals surface area contributed by atoms with Crippen LogP contribution < -0.4 is 0 Å². The molecule has 1 atom stereocenters. The third-order valence-electron chi connectivity index (χ3n) is 5.84. The fourth-order valence-electron chi connectivity index (χ4n) is 4.13. The number of allylic oxidation sites excluding steroid dienone is 4. The molecule has 1 unspecified atom stereocenters. The zero-order chi connectivity index (χ0) is 19.0. The number of benzene rings is 1. The van der Waals surface area contributed by atoms with Crippen LogP contribution in [-0.2, 0) is 5.41 Å². The molecule has 1 aromatic carbocycles. The van der Waals surface area contributed by atoms with Crippen LogP contribution in [-0.4, -0.2) is 0 Å². The van der Waals surface area contributed by atoms with Crippen molar-refractivity contribution in [1.29, 1.82) is 5.26 Å². The van der Waals surface area contributed by atoms with Gasteiger partial charge in [-0.1, -0.05) is 96.6 Å². The number of nitrogens with zero attached hydrogens (tertiary/aromatic N) is 1. The molecule has 1 aromatic rings. The molecule has 0 radical (unpaired) electrons. The standard InChI is InChI=1S/C25H33N/c1-5-7-8-9-10-11-12-13-17-25(4)20(3)22(14-6-2)23-16-15-21(19-26)18-24(23)25/h6,14-16,18H,2-3,5,7-13,17H2,1,4H3. The van der Waals surface area contributed by atoms with Gasteiger partial charge in [0, 0.05) is 5.41 Å². The van der Waals surface area contributed by atoms with E-state index in [4.69, 9.17) is 0 Å². The first-order chi connectivity index (χ1) is 12.6. The third kappa shape index (κ3) is 4.36. The van der Waals surface area contributed by atoms with Crippen molar-refractivity contribution in [2.75, 3.05) is 0 Å². The number of unbranched alkanes of at least 4 members (excludes halogenated alkanes) is 7. The summed E-state index contributed by atoms with van der Waals surface area (Å²) in [6.45, 7) is 12.8.